The van der Waals surface area contributed by atoms with Gasteiger partial charge in [0.25, 0.3) is 0 Å². The lowest BCUT2D eigenvalue weighted by Crippen LogP contribution is -2.56. The molecule has 214 valence electrons. The molecule has 0 bridgehead atoms. The summed E-state index contributed by atoms with van der Waals surface area (Å²) in [6.07, 6.45) is 1.56. The average molecular weight is 561 g/mol. The van der Waals surface area contributed by atoms with Crippen LogP contribution in [0.25, 0.3) is 21.7 Å². The fourth-order valence-corrected chi connectivity index (χ4v) is 5.55. The number of aromatic amines is 1. The number of aliphatic hydroxyl groups is 1. The van der Waals surface area contributed by atoms with Crippen LogP contribution < -0.4 is 10.1 Å². The van der Waals surface area contributed by atoms with Gasteiger partial charge in [-0.25, -0.2) is 4.79 Å². The van der Waals surface area contributed by atoms with E-state index in [1.165, 1.54) is 0 Å². The molecule has 1 heterocycles. The molecule has 0 unspecified atom stereocenters. The average Bonchev–Trinajstić information content (AvgIpc) is 3.40. The molecule has 0 saturated carbocycles. The third-order valence-electron chi connectivity index (χ3n) is 7.74. The highest BCUT2D eigenvalue weighted by Crippen LogP contribution is 2.29. The Balaban J connectivity index is 1.39. The third-order valence-corrected chi connectivity index (χ3v) is 7.74. The summed E-state index contributed by atoms with van der Waals surface area (Å²) in [5.41, 5.74) is 2.87. The van der Waals surface area contributed by atoms with Gasteiger partial charge in [-0.1, -0.05) is 72.8 Å². The Morgan fingerprint density at radius 1 is 1.00 bits per heavy atom. The van der Waals surface area contributed by atoms with Gasteiger partial charge < -0.3 is 25.0 Å². The predicted octanol–water partition coefficient (Wildman–Crippen LogP) is 6.73. The first-order valence-electron chi connectivity index (χ1n) is 14.2. The quantitative estimate of drug-likeness (QED) is 0.176. The Bertz CT molecular complexity index is 1730. The molecule has 5 aromatic rings. The van der Waals surface area contributed by atoms with Gasteiger partial charge in [0, 0.05) is 22.6 Å². The van der Waals surface area contributed by atoms with Crippen molar-refractivity contribution in [2.75, 3.05) is 13.2 Å². The number of H-pyrrole nitrogens is 1. The lowest BCUT2D eigenvalue weighted by atomic mass is 9.92. The molecule has 0 saturated heterocycles. The number of carbonyl (C=O) groups is 1. The molecule has 2 atom stereocenters. The minimum absolute atomic E-state index is 0.0398. The summed E-state index contributed by atoms with van der Waals surface area (Å²) in [6, 6.07) is 30.8. The first-order valence-corrected chi connectivity index (χ1v) is 14.2. The number of aromatic nitrogens is 1. The van der Waals surface area contributed by atoms with Crippen LogP contribution in [0.15, 0.2) is 97.2 Å². The minimum atomic E-state index is -0.988. The molecule has 7 heteroatoms. The van der Waals surface area contributed by atoms with Crippen molar-refractivity contribution in [1.82, 2.24) is 15.2 Å². The molecule has 0 aliphatic heterocycles. The summed E-state index contributed by atoms with van der Waals surface area (Å²) < 4.78 is 5.81. The van der Waals surface area contributed by atoms with Gasteiger partial charge in [0.1, 0.15) is 24.5 Å². The number of fused-ring (bicyclic) bond motifs is 2. The van der Waals surface area contributed by atoms with Crippen LogP contribution >= 0.6 is 0 Å². The number of carbonyl (C=O) groups excluding carboxylic acids is 1. The zero-order valence-electron chi connectivity index (χ0n) is 24.2. The van der Waals surface area contributed by atoms with Crippen LogP contribution in [0, 0.1) is 11.3 Å². The number of amides is 2. The molecule has 3 N–H and O–H groups in total. The number of nitrogens with one attached hydrogen (secondary N) is 2. The summed E-state index contributed by atoms with van der Waals surface area (Å²) in [6.45, 7) is 5.97. The van der Waals surface area contributed by atoms with Gasteiger partial charge in [0.05, 0.1) is 18.2 Å². The van der Waals surface area contributed by atoms with Crippen LogP contribution in [-0.2, 0) is 6.42 Å². The smallest absolute Gasteiger partial charge is 0.318 e. The zero-order valence-corrected chi connectivity index (χ0v) is 24.2. The van der Waals surface area contributed by atoms with Gasteiger partial charge in [-0.15, -0.1) is 0 Å². The van der Waals surface area contributed by atoms with Crippen molar-refractivity contribution in [3.8, 4) is 11.8 Å². The maximum atomic E-state index is 14.0. The summed E-state index contributed by atoms with van der Waals surface area (Å²) >= 11 is 0. The number of aliphatic hydroxyl groups excluding tert-OH is 1. The van der Waals surface area contributed by atoms with Crippen molar-refractivity contribution in [3.63, 3.8) is 0 Å². The van der Waals surface area contributed by atoms with Gasteiger partial charge in [0.2, 0.25) is 0 Å². The normalized spacial score (nSPS) is 12.9. The predicted molar refractivity (Wildman–Crippen MR) is 166 cm³/mol. The van der Waals surface area contributed by atoms with E-state index in [1.807, 2.05) is 69.4 Å². The maximum absolute atomic E-state index is 14.0. The largest absolute Gasteiger partial charge is 0.489 e. The van der Waals surface area contributed by atoms with Gasteiger partial charge in [-0.05, 0) is 67.3 Å². The monoisotopic (exact) mass is 560 g/mol. The topological polar surface area (TPSA) is 101 Å². The molecular weight excluding hydrogens is 524 g/mol. The zero-order chi connectivity index (χ0) is 29.7. The van der Waals surface area contributed by atoms with Crippen LogP contribution in [0.5, 0.6) is 5.75 Å². The molecule has 0 fully saturated rings. The highest BCUT2D eigenvalue weighted by molar-refractivity contribution is 5.87. The SMILES string of the molecule is C[C@H](NC(=O)N(C[C@@H](O)COc1ccccc1C#N)C(C)(C)Cc1c[nH]c2ccccc12)c1cccc2ccccc12. The summed E-state index contributed by atoms with van der Waals surface area (Å²) in [4.78, 5) is 19.0. The molecule has 0 aliphatic rings. The number of benzene rings is 4. The van der Waals surface area contributed by atoms with E-state index in [2.05, 4.69) is 40.6 Å². The van der Waals surface area contributed by atoms with Crippen molar-refractivity contribution in [2.24, 2.45) is 0 Å². The van der Waals surface area contributed by atoms with E-state index >= 15 is 0 Å². The Morgan fingerprint density at radius 2 is 1.69 bits per heavy atom. The number of urea groups is 1. The molecule has 7 nitrogen and oxygen atoms in total. The molecule has 0 spiro atoms. The highest BCUT2D eigenvalue weighted by Gasteiger charge is 2.34. The number of nitriles is 1. The van der Waals surface area contributed by atoms with Gasteiger partial charge >= 0.3 is 6.03 Å². The fraction of sp³-hybridized carbons (Fsp3) is 0.257. The second-order valence-electron chi connectivity index (χ2n) is 11.3. The molecule has 5 rings (SSSR count). The Hall–Kier alpha value is -4.80. The fourth-order valence-electron chi connectivity index (χ4n) is 5.55. The Kier molecular flexibility index (Phi) is 8.46. The molecular formula is C35H36N4O3. The minimum Gasteiger partial charge on any atom is -0.489 e. The van der Waals surface area contributed by atoms with Crippen molar-refractivity contribution in [3.05, 3.63) is 114 Å². The summed E-state index contributed by atoms with van der Waals surface area (Å²) in [5, 5.41) is 27.0. The first-order chi connectivity index (χ1) is 20.3. The van der Waals surface area contributed by atoms with Gasteiger partial charge in [0.15, 0.2) is 0 Å². The number of ether oxygens (including phenoxy) is 1. The van der Waals surface area contributed by atoms with E-state index in [-0.39, 0.29) is 25.2 Å². The molecule has 2 amide bonds. The number of rotatable bonds is 10. The van der Waals surface area contributed by atoms with E-state index in [1.54, 1.807) is 29.2 Å². The van der Waals surface area contributed by atoms with Crippen LogP contribution in [-0.4, -0.2) is 45.8 Å². The van der Waals surface area contributed by atoms with Crippen LogP contribution in [0.1, 0.15) is 43.5 Å². The molecule has 1 aromatic heterocycles. The first kappa shape index (κ1) is 28.7. The van der Waals surface area contributed by atoms with E-state index in [0.29, 0.717) is 17.7 Å². The van der Waals surface area contributed by atoms with E-state index in [4.69, 9.17) is 4.74 Å². The molecule has 0 radical (unpaired) electrons. The van der Waals surface area contributed by atoms with Crippen molar-refractivity contribution < 1.29 is 14.6 Å². The van der Waals surface area contributed by atoms with Crippen LogP contribution in [0.4, 0.5) is 4.79 Å². The van der Waals surface area contributed by atoms with Crippen molar-refractivity contribution in [1.29, 1.82) is 5.26 Å². The molecule has 0 aliphatic carbocycles. The molecule has 4 aromatic carbocycles. The van der Waals surface area contributed by atoms with Gasteiger partial charge in [-0.2, -0.15) is 5.26 Å². The van der Waals surface area contributed by atoms with E-state index < -0.39 is 11.6 Å². The summed E-state index contributed by atoms with van der Waals surface area (Å²) in [7, 11) is 0. The van der Waals surface area contributed by atoms with Crippen molar-refractivity contribution >= 4 is 27.7 Å². The van der Waals surface area contributed by atoms with E-state index in [0.717, 1.165) is 32.8 Å². The second kappa shape index (κ2) is 12.4. The lowest BCUT2D eigenvalue weighted by Gasteiger charge is -2.40. The van der Waals surface area contributed by atoms with E-state index in [9.17, 15) is 15.2 Å². The van der Waals surface area contributed by atoms with Crippen molar-refractivity contribution in [2.45, 2.75) is 44.9 Å². The number of hydrogen-bond acceptors (Lipinski definition) is 4. The number of hydrogen-bond donors (Lipinski definition) is 3. The highest BCUT2D eigenvalue weighted by atomic mass is 16.5. The van der Waals surface area contributed by atoms with Crippen LogP contribution in [0.3, 0.4) is 0 Å². The number of β-amino-alcohol motifs (C(OH)–C–C–N with tert-alkyl or cyclic N) is 1. The summed E-state index contributed by atoms with van der Waals surface area (Å²) in [5.74, 6) is 0.401. The number of para-hydroxylation sites is 2. The number of nitrogens with zero attached hydrogens (tertiary/aromatic N) is 2. The standard InChI is InChI=1S/C35H36N4O3/c1-24(29-16-10-13-25-11-4-6-14-30(25)29)38-34(41)39(22-28(40)23-42-33-18-9-5-12-26(33)20-36)35(2,3)19-27-21-37-32-17-8-7-15-31(27)32/h4-18,21,24,28,37,40H,19,22-23H2,1-3H3,(H,38,41)/t24-,28+/m0/s1. The van der Waals surface area contributed by atoms with Crippen LogP contribution in [0.2, 0.25) is 0 Å². The maximum Gasteiger partial charge on any atom is 0.318 e. The van der Waals surface area contributed by atoms with Gasteiger partial charge in [-0.3, -0.25) is 0 Å². The Morgan fingerprint density at radius 3 is 2.50 bits per heavy atom. The lowest BCUT2D eigenvalue weighted by molar-refractivity contribution is 0.0455. The second-order valence-corrected chi connectivity index (χ2v) is 11.3. The molecule has 42 heavy (non-hydrogen) atoms. The Labute approximate surface area is 246 Å². The third kappa shape index (κ3) is 6.24.